The Kier molecular flexibility index (Phi) is 7.63. The molecule has 0 bridgehead atoms. The molecule has 0 amide bonds. The molecular weight excluding hydrogens is 189 g/mol. The summed E-state index contributed by atoms with van der Waals surface area (Å²) in [4.78, 5) is 2.23. The molecule has 0 aliphatic carbocycles. The second-order valence-electron chi connectivity index (χ2n) is 4.31. The fraction of sp³-hybridized carbons (Fsp3) is 0.571. The van der Waals surface area contributed by atoms with E-state index in [1.165, 1.54) is 36.9 Å². The van der Waals surface area contributed by atoms with Crippen molar-refractivity contribution in [2.45, 2.75) is 39.5 Å². The van der Waals surface area contributed by atoms with Gasteiger partial charge in [0.2, 0.25) is 0 Å². The van der Waals surface area contributed by atoms with Gasteiger partial charge in [0, 0.05) is 19.8 Å². The van der Waals surface area contributed by atoms with Crippen molar-refractivity contribution in [3.05, 3.63) is 29.3 Å². The first-order chi connectivity index (χ1) is 7.20. The molecule has 16 heavy (non-hydrogen) atoms. The average molecular weight is 213 g/mol. The molecule has 0 saturated heterocycles. The molecule has 0 atom stereocenters. The Labute approximate surface area is 114 Å². The van der Waals surface area contributed by atoms with Crippen molar-refractivity contribution in [2.75, 3.05) is 19.0 Å². The molecule has 0 fully saturated rings. The summed E-state index contributed by atoms with van der Waals surface area (Å²) in [6, 6.07) is 6.69. The molecule has 0 heterocycles. The van der Waals surface area contributed by atoms with Crippen molar-refractivity contribution in [3.63, 3.8) is 0 Å². The van der Waals surface area contributed by atoms with Gasteiger partial charge >= 0.3 is 18.9 Å². The van der Waals surface area contributed by atoms with Crippen LogP contribution in [-0.2, 0) is 12.8 Å². The molecule has 0 unspecified atom stereocenters. The van der Waals surface area contributed by atoms with Crippen molar-refractivity contribution in [2.24, 2.45) is 0 Å². The van der Waals surface area contributed by atoms with Crippen molar-refractivity contribution in [1.82, 2.24) is 0 Å². The van der Waals surface area contributed by atoms with Gasteiger partial charge in [-0.25, -0.2) is 0 Å². The summed E-state index contributed by atoms with van der Waals surface area (Å²) in [5, 5.41) is 0. The van der Waals surface area contributed by atoms with Gasteiger partial charge < -0.3 is 6.33 Å². The van der Waals surface area contributed by atoms with E-state index in [9.17, 15) is 0 Å². The first kappa shape index (κ1) is 15.6. The monoisotopic (exact) mass is 213 g/mol. The zero-order valence-corrected chi connectivity index (χ0v) is 11.5. The molecule has 1 nitrogen and oxygen atoms in total. The fourth-order valence-corrected chi connectivity index (χ4v) is 2.08. The number of anilines is 1. The zero-order valence-electron chi connectivity index (χ0n) is 12.5. The normalized spacial score (nSPS) is 9.75. The molecule has 1 rings (SSSR count). The van der Waals surface area contributed by atoms with Crippen LogP contribution < -0.4 is 23.8 Å². The van der Waals surface area contributed by atoms with Crippen LogP contribution in [0.3, 0.4) is 0 Å². The van der Waals surface area contributed by atoms with Crippen LogP contribution in [0.1, 0.15) is 39.2 Å². The van der Waals surface area contributed by atoms with Crippen LogP contribution in [0, 0.1) is 0 Å². The van der Waals surface area contributed by atoms with Crippen LogP contribution >= 0.6 is 0 Å². The van der Waals surface area contributed by atoms with Gasteiger partial charge in [0.15, 0.2) is 0 Å². The third kappa shape index (κ3) is 3.89. The molecule has 2 heteroatoms. The maximum absolute atomic E-state index is 2.28. The van der Waals surface area contributed by atoms with E-state index in [1.54, 1.807) is 5.56 Å². The molecule has 0 spiro atoms. The first-order valence-corrected chi connectivity index (χ1v) is 5.98. The van der Waals surface area contributed by atoms with E-state index >= 15 is 0 Å². The Morgan fingerprint density at radius 1 is 1.06 bits per heavy atom. The first-order valence-electron chi connectivity index (χ1n) is 5.98. The minimum absolute atomic E-state index is 0. The van der Waals surface area contributed by atoms with E-state index in [1.807, 2.05) is 0 Å². The van der Waals surface area contributed by atoms with E-state index in [-0.39, 0.29) is 20.3 Å². The Morgan fingerprint density at radius 3 is 2.19 bits per heavy atom. The second kappa shape index (κ2) is 7.82. The molecule has 0 aliphatic heterocycles. The Bertz CT molecular complexity index is 313. The molecule has 1 aromatic rings. The van der Waals surface area contributed by atoms with Gasteiger partial charge in [-0.2, -0.15) is 0 Å². The zero-order chi connectivity index (χ0) is 11.3. The molecule has 1 aromatic carbocycles. The summed E-state index contributed by atoms with van der Waals surface area (Å²) in [7, 11) is 4.26. The minimum Gasteiger partial charge on any atom is -1.00 e. The third-order valence-corrected chi connectivity index (χ3v) is 2.75. The van der Waals surface area contributed by atoms with E-state index in [4.69, 9.17) is 0 Å². The standard InChI is InChI=1S/C14H23N.Li.H/c1-5-8-12-10-7-11-14(15(3)4)13(12)9-6-2;;/h7,10-11H,5-6,8-9H2,1-4H3;;/q;+1;-1. The van der Waals surface area contributed by atoms with Crippen LogP contribution in [0.25, 0.3) is 0 Å². The smallest absolute Gasteiger partial charge is 1.00 e. The predicted molar refractivity (Wildman–Crippen MR) is 69.9 cm³/mol. The van der Waals surface area contributed by atoms with Gasteiger partial charge in [-0.15, -0.1) is 0 Å². The van der Waals surface area contributed by atoms with Crippen molar-refractivity contribution in [1.29, 1.82) is 0 Å². The largest absolute Gasteiger partial charge is 1.00 e. The number of rotatable bonds is 5. The average Bonchev–Trinajstić information content (AvgIpc) is 2.21. The number of hydrogen-bond donors (Lipinski definition) is 0. The minimum atomic E-state index is 0. The summed E-state index contributed by atoms with van der Waals surface area (Å²) in [6.45, 7) is 4.50. The van der Waals surface area contributed by atoms with E-state index in [0.717, 1.165) is 0 Å². The predicted octanol–water partition coefficient (Wildman–Crippen LogP) is 0.774. The molecule has 86 valence electrons. The summed E-state index contributed by atoms with van der Waals surface area (Å²) in [5.41, 5.74) is 4.47. The summed E-state index contributed by atoms with van der Waals surface area (Å²) < 4.78 is 0. The van der Waals surface area contributed by atoms with Gasteiger partial charge in [0.25, 0.3) is 0 Å². The SMILES string of the molecule is CCCc1cccc(N(C)C)c1CCC.[H-].[Li+]. The fourth-order valence-electron chi connectivity index (χ4n) is 2.08. The van der Waals surface area contributed by atoms with Crippen LogP contribution in [0.4, 0.5) is 5.69 Å². The topological polar surface area (TPSA) is 3.24 Å². The van der Waals surface area contributed by atoms with Gasteiger partial charge in [-0.1, -0.05) is 38.8 Å². The quantitative estimate of drug-likeness (QED) is 0.653. The number of hydrogen-bond acceptors (Lipinski definition) is 1. The van der Waals surface area contributed by atoms with Crippen molar-refractivity contribution in [3.8, 4) is 0 Å². The van der Waals surface area contributed by atoms with Crippen molar-refractivity contribution < 1.29 is 20.3 Å². The van der Waals surface area contributed by atoms with Crippen LogP contribution in [-0.4, -0.2) is 14.1 Å². The Balaban J connectivity index is 0. The molecule has 0 N–H and O–H groups in total. The summed E-state index contributed by atoms with van der Waals surface area (Å²) in [5.74, 6) is 0. The number of aryl methyl sites for hydroxylation is 1. The van der Waals surface area contributed by atoms with E-state index in [0.29, 0.717) is 0 Å². The van der Waals surface area contributed by atoms with Gasteiger partial charge in [-0.05, 0) is 30.0 Å². The van der Waals surface area contributed by atoms with Crippen LogP contribution in [0.5, 0.6) is 0 Å². The van der Waals surface area contributed by atoms with Crippen molar-refractivity contribution >= 4 is 5.69 Å². The Hall–Kier alpha value is -0.383. The third-order valence-electron chi connectivity index (χ3n) is 2.75. The Morgan fingerprint density at radius 2 is 1.69 bits per heavy atom. The van der Waals surface area contributed by atoms with E-state index < -0.39 is 0 Å². The van der Waals surface area contributed by atoms with Gasteiger partial charge in [0.05, 0.1) is 0 Å². The summed E-state index contributed by atoms with van der Waals surface area (Å²) in [6.07, 6.45) is 4.86. The number of nitrogens with zero attached hydrogens (tertiary/aromatic N) is 1. The maximum Gasteiger partial charge on any atom is 1.00 e. The van der Waals surface area contributed by atoms with Gasteiger partial charge in [0.1, 0.15) is 0 Å². The van der Waals surface area contributed by atoms with Gasteiger partial charge in [-0.3, -0.25) is 0 Å². The molecule has 0 aliphatic rings. The number of benzene rings is 1. The molecular formula is C14H24LiN. The molecule has 0 radical (unpaired) electrons. The molecule has 0 aromatic heterocycles. The van der Waals surface area contributed by atoms with Crippen LogP contribution in [0.15, 0.2) is 18.2 Å². The maximum atomic E-state index is 2.28. The van der Waals surface area contributed by atoms with Crippen LogP contribution in [0.2, 0.25) is 0 Å². The molecule has 0 saturated carbocycles. The second-order valence-corrected chi connectivity index (χ2v) is 4.31. The summed E-state index contributed by atoms with van der Waals surface area (Å²) >= 11 is 0. The van der Waals surface area contributed by atoms with E-state index in [2.05, 4.69) is 51.0 Å².